The summed E-state index contributed by atoms with van der Waals surface area (Å²) in [7, 11) is 0. The molecular formula is C19H24N4O2S. The fourth-order valence-electron chi connectivity index (χ4n) is 2.88. The number of aromatic nitrogens is 1. The molecule has 0 unspecified atom stereocenters. The first-order chi connectivity index (χ1) is 12.5. The van der Waals surface area contributed by atoms with Crippen molar-refractivity contribution >= 4 is 28.6 Å². The van der Waals surface area contributed by atoms with Gasteiger partial charge < -0.3 is 10.1 Å². The van der Waals surface area contributed by atoms with E-state index >= 15 is 0 Å². The van der Waals surface area contributed by atoms with Crippen LogP contribution in [0.25, 0.3) is 11.3 Å². The smallest absolute Gasteiger partial charge is 0.262 e. The predicted octanol–water partition coefficient (Wildman–Crippen LogP) is 3.74. The predicted molar refractivity (Wildman–Crippen MR) is 106 cm³/mol. The molecule has 1 N–H and O–H groups in total. The number of anilines is 1. The van der Waals surface area contributed by atoms with Crippen molar-refractivity contribution in [1.29, 1.82) is 0 Å². The molecule has 1 aromatic carbocycles. The van der Waals surface area contributed by atoms with Crippen molar-refractivity contribution < 1.29 is 9.53 Å². The Balaban J connectivity index is 2.07. The van der Waals surface area contributed by atoms with E-state index in [2.05, 4.69) is 24.2 Å². The van der Waals surface area contributed by atoms with Crippen LogP contribution in [0, 0.1) is 5.92 Å². The minimum absolute atomic E-state index is 0.0585. The highest BCUT2D eigenvalue weighted by atomic mass is 32.1. The third-order valence-corrected chi connectivity index (χ3v) is 4.72. The van der Waals surface area contributed by atoms with Gasteiger partial charge in [-0.15, -0.1) is 11.3 Å². The van der Waals surface area contributed by atoms with Gasteiger partial charge in [0.15, 0.2) is 6.61 Å². The van der Waals surface area contributed by atoms with E-state index in [4.69, 9.17) is 9.84 Å². The highest BCUT2D eigenvalue weighted by molar-refractivity contribution is 7.07. The number of ether oxygens (including phenoxy) is 1. The molecule has 0 spiro atoms. The maximum Gasteiger partial charge on any atom is 0.262 e. The van der Waals surface area contributed by atoms with E-state index in [-0.39, 0.29) is 12.5 Å². The molecule has 26 heavy (non-hydrogen) atoms. The number of nitrogens with one attached hydrogen (secondary N) is 1. The van der Waals surface area contributed by atoms with Crippen LogP contribution in [0.5, 0.6) is 5.75 Å². The maximum atomic E-state index is 11.6. The van der Waals surface area contributed by atoms with Gasteiger partial charge in [-0.1, -0.05) is 13.8 Å². The zero-order chi connectivity index (χ0) is 18.7. The molecule has 0 aliphatic carbocycles. The quantitative estimate of drug-likeness (QED) is 0.813. The summed E-state index contributed by atoms with van der Waals surface area (Å²) in [5.41, 5.74) is 3.66. The van der Waals surface area contributed by atoms with Gasteiger partial charge in [-0.3, -0.25) is 9.79 Å². The monoisotopic (exact) mass is 372 g/mol. The van der Waals surface area contributed by atoms with Crippen molar-refractivity contribution in [3.05, 3.63) is 28.4 Å². The van der Waals surface area contributed by atoms with Crippen molar-refractivity contribution in [3.63, 3.8) is 0 Å². The molecule has 1 aliphatic heterocycles. The second-order valence-electron chi connectivity index (χ2n) is 6.67. The number of carbonyl (C=O) groups excluding carboxylic acids is 1. The summed E-state index contributed by atoms with van der Waals surface area (Å²) < 4.78 is 7.35. The van der Waals surface area contributed by atoms with Crippen molar-refractivity contribution in [2.24, 2.45) is 16.0 Å². The number of thiazole rings is 1. The van der Waals surface area contributed by atoms with Gasteiger partial charge in [-0.05, 0) is 44.4 Å². The second-order valence-corrected chi connectivity index (χ2v) is 7.51. The summed E-state index contributed by atoms with van der Waals surface area (Å²) in [6.45, 7) is 9.19. The Morgan fingerprint density at radius 2 is 2.23 bits per heavy atom. The summed E-state index contributed by atoms with van der Waals surface area (Å²) in [5, 5.41) is 9.72. The van der Waals surface area contributed by atoms with E-state index in [1.807, 2.05) is 42.1 Å². The average molecular weight is 372 g/mol. The summed E-state index contributed by atoms with van der Waals surface area (Å²) in [5.74, 6) is 1.09. The number of carbonyl (C=O) groups is 1. The average Bonchev–Trinajstić information content (AvgIpc) is 2.96. The molecule has 2 aromatic rings. The highest BCUT2D eigenvalue weighted by Gasteiger charge is 2.18. The molecule has 7 heteroatoms. The van der Waals surface area contributed by atoms with Crippen molar-refractivity contribution in [2.45, 2.75) is 34.1 Å². The first-order valence-electron chi connectivity index (χ1n) is 8.80. The Labute approximate surface area is 157 Å². The van der Waals surface area contributed by atoms with Crippen LogP contribution in [0.15, 0.2) is 33.7 Å². The molecule has 0 bridgehead atoms. The fraction of sp³-hybridized carbons (Fsp3) is 0.421. The van der Waals surface area contributed by atoms with E-state index in [1.165, 1.54) is 0 Å². The van der Waals surface area contributed by atoms with Gasteiger partial charge in [-0.2, -0.15) is 5.10 Å². The van der Waals surface area contributed by atoms with Crippen LogP contribution in [0.2, 0.25) is 0 Å². The molecule has 0 fully saturated rings. The van der Waals surface area contributed by atoms with Crippen LogP contribution in [0.3, 0.4) is 0 Å². The zero-order valence-electron chi connectivity index (χ0n) is 15.6. The highest BCUT2D eigenvalue weighted by Crippen LogP contribution is 2.32. The van der Waals surface area contributed by atoms with E-state index in [0.717, 1.165) is 28.2 Å². The molecule has 138 valence electrons. The number of fused-ring (bicyclic) bond motifs is 1. The number of nitrogens with zero attached hydrogens (tertiary/aromatic N) is 3. The van der Waals surface area contributed by atoms with Gasteiger partial charge in [0.1, 0.15) is 5.75 Å². The molecule has 1 amide bonds. The normalized spacial score (nSPS) is 15.0. The first-order valence-corrected chi connectivity index (χ1v) is 9.68. The minimum Gasteiger partial charge on any atom is -0.482 e. The number of amides is 1. The van der Waals surface area contributed by atoms with E-state index < -0.39 is 0 Å². The summed E-state index contributed by atoms with van der Waals surface area (Å²) in [6.07, 6.45) is 0.932. The number of benzene rings is 1. The van der Waals surface area contributed by atoms with Crippen molar-refractivity contribution in [3.8, 4) is 17.0 Å². The molecule has 0 atom stereocenters. The molecule has 1 aromatic heterocycles. The molecule has 0 saturated carbocycles. The Hall–Kier alpha value is -2.41. The Kier molecular flexibility index (Phi) is 5.56. The van der Waals surface area contributed by atoms with Crippen LogP contribution in [-0.2, 0) is 4.79 Å². The lowest BCUT2D eigenvalue weighted by molar-refractivity contribution is -0.118. The lowest BCUT2D eigenvalue weighted by Crippen LogP contribution is -2.25. The molecule has 0 radical (unpaired) electrons. The van der Waals surface area contributed by atoms with Gasteiger partial charge in [0.05, 0.1) is 11.4 Å². The third kappa shape index (κ3) is 4.04. The molecule has 3 rings (SSSR count). The van der Waals surface area contributed by atoms with Crippen LogP contribution in [0.1, 0.15) is 34.1 Å². The molecule has 2 heterocycles. The van der Waals surface area contributed by atoms with E-state index in [9.17, 15) is 4.79 Å². The molecule has 0 saturated heterocycles. The number of hydrogen-bond acceptors (Lipinski definition) is 5. The fourth-order valence-corrected chi connectivity index (χ4v) is 3.78. The summed E-state index contributed by atoms with van der Waals surface area (Å²) in [6, 6.07) is 5.79. The Bertz CT molecular complexity index is 909. The molecular weight excluding hydrogens is 348 g/mol. The molecule has 6 nitrogen and oxygen atoms in total. The van der Waals surface area contributed by atoms with Gasteiger partial charge >= 0.3 is 0 Å². The maximum absolute atomic E-state index is 11.6. The SMILES string of the molecule is CCN=c1scc(-c2ccc3c(c2)NC(=O)CO3)n1N=C(C)CC(C)C. The largest absolute Gasteiger partial charge is 0.482 e. The van der Waals surface area contributed by atoms with Gasteiger partial charge in [0, 0.05) is 23.2 Å². The lowest BCUT2D eigenvalue weighted by Gasteiger charge is -2.18. The van der Waals surface area contributed by atoms with Gasteiger partial charge in [0.2, 0.25) is 4.80 Å². The van der Waals surface area contributed by atoms with Crippen LogP contribution in [-0.4, -0.2) is 29.4 Å². The molecule has 1 aliphatic rings. The lowest BCUT2D eigenvalue weighted by atomic mass is 10.1. The van der Waals surface area contributed by atoms with Gasteiger partial charge in [-0.25, -0.2) is 4.68 Å². The standard InChI is InChI=1S/C19H24N4O2S/c1-5-20-19-23(22-13(4)8-12(2)3)16(11-26-19)14-6-7-17-15(9-14)21-18(24)10-25-17/h6-7,9,11-12H,5,8,10H2,1-4H3,(H,21,24). The van der Waals surface area contributed by atoms with Crippen LogP contribution >= 0.6 is 11.3 Å². The van der Waals surface area contributed by atoms with Crippen molar-refractivity contribution in [1.82, 2.24) is 4.68 Å². The zero-order valence-corrected chi connectivity index (χ0v) is 16.4. The van der Waals surface area contributed by atoms with E-state index in [1.54, 1.807) is 11.3 Å². The first kappa shape index (κ1) is 18.4. The minimum atomic E-state index is -0.139. The summed E-state index contributed by atoms with van der Waals surface area (Å²) >= 11 is 1.57. The van der Waals surface area contributed by atoms with Gasteiger partial charge in [0.25, 0.3) is 5.91 Å². The van der Waals surface area contributed by atoms with E-state index in [0.29, 0.717) is 23.9 Å². The van der Waals surface area contributed by atoms with Crippen molar-refractivity contribution in [2.75, 3.05) is 18.5 Å². The number of rotatable bonds is 5. The second kappa shape index (κ2) is 7.86. The van der Waals surface area contributed by atoms with Crippen LogP contribution < -0.4 is 14.9 Å². The third-order valence-electron chi connectivity index (χ3n) is 3.86. The van der Waals surface area contributed by atoms with Crippen LogP contribution in [0.4, 0.5) is 5.69 Å². The topological polar surface area (TPSA) is 68.0 Å². The number of hydrogen-bond donors (Lipinski definition) is 1. The summed E-state index contributed by atoms with van der Waals surface area (Å²) in [4.78, 5) is 17.0. The Morgan fingerprint density at radius 1 is 1.42 bits per heavy atom. The Morgan fingerprint density at radius 3 is 2.96 bits per heavy atom.